The molecule has 0 radical (unpaired) electrons. The van der Waals surface area contributed by atoms with E-state index in [0.29, 0.717) is 36.1 Å². The van der Waals surface area contributed by atoms with Crippen molar-refractivity contribution in [3.8, 4) is 0 Å². The van der Waals surface area contributed by atoms with E-state index in [1.165, 1.54) is 13.3 Å². The lowest BCUT2D eigenvalue weighted by atomic mass is 10.2. The smallest absolute Gasteiger partial charge is 0.276 e. The summed E-state index contributed by atoms with van der Waals surface area (Å²) in [6.07, 6.45) is 4.61. The number of carbonyl (C=O) groups is 2. The highest BCUT2D eigenvalue weighted by Crippen LogP contribution is 2.31. The van der Waals surface area contributed by atoms with Crippen LogP contribution in [0.2, 0.25) is 0 Å². The zero-order valence-corrected chi connectivity index (χ0v) is 13.7. The second-order valence-corrected chi connectivity index (χ2v) is 5.73. The Morgan fingerprint density at radius 3 is 2.96 bits per heavy atom. The molecule has 2 aromatic heterocycles. The van der Waals surface area contributed by atoms with E-state index in [1.807, 2.05) is 0 Å². The monoisotopic (exact) mass is 329 g/mol. The number of carbonyl (C=O) groups excluding carboxylic acids is 2. The number of hydrogen-bond donors (Lipinski definition) is 1. The fraction of sp³-hybridized carbons (Fsp3) is 0.438. The number of nitrogens with one attached hydrogen (secondary N) is 1. The van der Waals surface area contributed by atoms with Gasteiger partial charge in [0, 0.05) is 19.7 Å². The fourth-order valence-corrected chi connectivity index (χ4v) is 2.81. The number of likely N-dealkylation sites (tertiary alicyclic amines) is 1. The van der Waals surface area contributed by atoms with Crippen LogP contribution in [0.4, 0.5) is 0 Å². The molecule has 0 spiro atoms. The van der Waals surface area contributed by atoms with Crippen molar-refractivity contribution in [3.63, 3.8) is 0 Å². The normalized spacial score (nSPS) is 17.1. The fourth-order valence-electron chi connectivity index (χ4n) is 2.81. The summed E-state index contributed by atoms with van der Waals surface area (Å²) in [6.45, 7) is 4.15. The summed E-state index contributed by atoms with van der Waals surface area (Å²) in [4.78, 5) is 38.3. The molecule has 3 heterocycles. The van der Waals surface area contributed by atoms with E-state index in [4.69, 9.17) is 4.42 Å². The van der Waals surface area contributed by atoms with Gasteiger partial charge in [0.2, 0.25) is 5.91 Å². The van der Waals surface area contributed by atoms with Crippen molar-refractivity contribution in [1.82, 2.24) is 25.2 Å². The van der Waals surface area contributed by atoms with Gasteiger partial charge in [-0.25, -0.2) is 15.0 Å². The second-order valence-electron chi connectivity index (χ2n) is 5.73. The third-order valence-electron chi connectivity index (χ3n) is 4.01. The van der Waals surface area contributed by atoms with E-state index in [0.717, 1.165) is 12.8 Å². The minimum atomic E-state index is -0.189. The van der Waals surface area contributed by atoms with Gasteiger partial charge in [-0.15, -0.1) is 0 Å². The molecule has 1 fully saturated rings. The summed E-state index contributed by atoms with van der Waals surface area (Å²) in [6, 6.07) is 1.56. The van der Waals surface area contributed by atoms with Crippen LogP contribution in [-0.2, 0) is 11.3 Å². The van der Waals surface area contributed by atoms with Gasteiger partial charge in [0.25, 0.3) is 5.91 Å². The maximum absolute atomic E-state index is 12.7. The van der Waals surface area contributed by atoms with Gasteiger partial charge in [-0.1, -0.05) is 0 Å². The quantitative estimate of drug-likeness (QED) is 0.909. The molecule has 0 aromatic carbocycles. The van der Waals surface area contributed by atoms with Gasteiger partial charge in [0.1, 0.15) is 5.76 Å². The topological polar surface area (TPSA) is 101 Å². The van der Waals surface area contributed by atoms with Gasteiger partial charge < -0.3 is 14.6 Å². The van der Waals surface area contributed by atoms with Crippen molar-refractivity contribution in [2.24, 2.45) is 0 Å². The predicted octanol–water partition coefficient (Wildman–Crippen LogP) is 1.39. The Balaban J connectivity index is 1.80. The summed E-state index contributed by atoms with van der Waals surface area (Å²) in [7, 11) is 0. The van der Waals surface area contributed by atoms with Crippen molar-refractivity contribution >= 4 is 11.8 Å². The SMILES string of the molecule is CC(=O)NCc1ccnc(C2CCCN2C(=O)c2ncoc2C)n1. The van der Waals surface area contributed by atoms with E-state index >= 15 is 0 Å². The zero-order chi connectivity index (χ0) is 17.1. The maximum Gasteiger partial charge on any atom is 0.276 e. The van der Waals surface area contributed by atoms with Crippen LogP contribution in [0, 0.1) is 6.92 Å². The van der Waals surface area contributed by atoms with Crippen LogP contribution in [0.1, 0.15) is 53.6 Å². The van der Waals surface area contributed by atoms with E-state index in [9.17, 15) is 9.59 Å². The van der Waals surface area contributed by atoms with Crippen LogP contribution in [-0.4, -0.2) is 38.2 Å². The molecule has 1 unspecified atom stereocenters. The van der Waals surface area contributed by atoms with E-state index < -0.39 is 0 Å². The van der Waals surface area contributed by atoms with Crippen molar-refractivity contribution < 1.29 is 14.0 Å². The van der Waals surface area contributed by atoms with Crippen molar-refractivity contribution in [2.75, 3.05) is 6.54 Å². The minimum Gasteiger partial charge on any atom is -0.448 e. The first-order valence-corrected chi connectivity index (χ1v) is 7.83. The lowest BCUT2D eigenvalue weighted by molar-refractivity contribution is -0.119. The molecular formula is C16H19N5O3. The Morgan fingerprint density at radius 2 is 2.25 bits per heavy atom. The van der Waals surface area contributed by atoms with E-state index in [1.54, 1.807) is 24.1 Å². The molecular weight excluding hydrogens is 310 g/mol. The molecule has 24 heavy (non-hydrogen) atoms. The molecule has 2 amide bonds. The van der Waals surface area contributed by atoms with Crippen LogP contribution < -0.4 is 5.32 Å². The first kappa shape index (κ1) is 16.1. The largest absolute Gasteiger partial charge is 0.448 e. The third-order valence-corrected chi connectivity index (χ3v) is 4.01. The first-order chi connectivity index (χ1) is 11.6. The maximum atomic E-state index is 12.7. The van der Waals surface area contributed by atoms with Crippen LogP contribution in [0.3, 0.4) is 0 Å². The second kappa shape index (κ2) is 6.77. The molecule has 1 aliphatic rings. The Bertz CT molecular complexity index is 758. The Morgan fingerprint density at radius 1 is 1.42 bits per heavy atom. The van der Waals surface area contributed by atoms with Crippen LogP contribution >= 0.6 is 0 Å². The van der Waals surface area contributed by atoms with Crippen LogP contribution in [0.5, 0.6) is 0 Å². The zero-order valence-electron chi connectivity index (χ0n) is 13.7. The number of aromatic nitrogens is 3. The third kappa shape index (κ3) is 3.27. The molecule has 1 atom stereocenters. The van der Waals surface area contributed by atoms with E-state index in [-0.39, 0.29) is 17.9 Å². The van der Waals surface area contributed by atoms with Gasteiger partial charge in [-0.3, -0.25) is 9.59 Å². The van der Waals surface area contributed by atoms with Crippen molar-refractivity contribution in [3.05, 3.63) is 41.6 Å². The van der Waals surface area contributed by atoms with Crippen LogP contribution in [0.15, 0.2) is 23.1 Å². The molecule has 126 valence electrons. The Hall–Kier alpha value is -2.77. The highest BCUT2D eigenvalue weighted by atomic mass is 16.3. The molecule has 1 aliphatic heterocycles. The first-order valence-electron chi connectivity index (χ1n) is 7.83. The lowest BCUT2D eigenvalue weighted by Gasteiger charge is -2.23. The highest BCUT2D eigenvalue weighted by Gasteiger charge is 2.34. The summed E-state index contributed by atoms with van der Waals surface area (Å²) >= 11 is 0. The molecule has 8 nitrogen and oxygen atoms in total. The molecule has 0 aliphatic carbocycles. The van der Waals surface area contributed by atoms with E-state index in [2.05, 4.69) is 20.3 Å². The number of amides is 2. The average Bonchev–Trinajstić information content (AvgIpc) is 3.21. The van der Waals surface area contributed by atoms with Crippen molar-refractivity contribution in [2.45, 2.75) is 39.3 Å². The standard InChI is InChI=1S/C16H19N5O3/c1-10-14(19-9-24-10)16(23)21-7-3-4-13(21)15-17-6-5-12(20-15)8-18-11(2)22/h5-6,9,13H,3-4,7-8H2,1-2H3,(H,18,22). The minimum absolute atomic E-state index is 0.116. The van der Waals surface area contributed by atoms with Gasteiger partial charge in [0.05, 0.1) is 18.3 Å². The number of aryl methyl sites for hydroxylation is 1. The van der Waals surface area contributed by atoms with Crippen molar-refractivity contribution in [1.29, 1.82) is 0 Å². The summed E-state index contributed by atoms with van der Waals surface area (Å²) in [5, 5.41) is 2.71. The Labute approximate surface area is 139 Å². The molecule has 0 bridgehead atoms. The van der Waals surface area contributed by atoms with Gasteiger partial charge in [-0.2, -0.15) is 0 Å². The molecule has 2 aromatic rings. The summed E-state index contributed by atoms with van der Waals surface area (Å²) in [5.74, 6) is 0.810. The summed E-state index contributed by atoms with van der Waals surface area (Å²) in [5.41, 5.74) is 1.04. The lowest BCUT2D eigenvalue weighted by Crippen LogP contribution is -2.32. The molecule has 3 rings (SSSR count). The Kier molecular flexibility index (Phi) is 4.54. The summed E-state index contributed by atoms with van der Waals surface area (Å²) < 4.78 is 5.13. The molecule has 1 saturated heterocycles. The van der Waals surface area contributed by atoms with Gasteiger partial charge in [-0.05, 0) is 25.8 Å². The predicted molar refractivity (Wildman–Crippen MR) is 83.8 cm³/mol. The average molecular weight is 329 g/mol. The number of hydrogen-bond acceptors (Lipinski definition) is 6. The molecule has 1 N–H and O–H groups in total. The number of nitrogens with zero attached hydrogens (tertiary/aromatic N) is 4. The van der Waals surface area contributed by atoms with Crippen LogP contribution in [0.25, 0.3) is 0 Å². The van der Waals surface area contributed by atoms with Gasteiger partial charge in [0.15, 0.2) is 17.9 Å². The number of oxazole rings is 1. The molecule has 8 heteroatoms. The highest BCUT2D eigenvalue weighted by molar-refractivity contribution is 5.93. The van der Waals surface area contributed by atoms with Gasteiger partial charge >= 0.3 is 0 Å². The number of rotatable bonds is 4. The molecule has 0 saturated carbocycles.